The van der Waals surface area contributed by atoms with Crippen molar-refractivity contribution in [3.8, 4) is 11.5 Å². The van der Waals surface area contributed by atoms with Gasteiger partial charge in [-0.05, 0) is 25.5 Å². The van der Waals surface area contributed by atoms with E-state index in [0.29, 0.717) is 28.2 Å². The summed E-state index contributed by atoms with van der Waals surface area (Å²) in [7, 11) is 3.02. The van der Waals surface area contributed by atoms with Crippen molar-refractivity contribution in [2.75, 3.05) is 34.4 Å². The standard InChI is InChI=1S/C16H22O6/c1-6-12-13(21-9-18-4)8-11(3)14(16(17)20-7-2)15(12)22-10-19-5/h6,8H,1,7,9-10H2,2-5H3. The lowest BCUT2D eigenvalue weighted by molar-refractivity contribution is 0.0414. The Kier molecular flexibility index (Phi) is 7.42. The Morgan fingerprint density at radius 1 is 1.23 bits per heavy atom. The highest BCUT2D eigenvalue weighted by molar-refractivity contribution is 5.96. The number of carbonyl (C=O) groups excluding carboxylic acids is 1. The summed E-state index contributed by atoms with van der Waals surface area (Å²) in [6.45, 7) is 7.60. The van der Waals surface area contributed by atoms with Crippen LogP contribution in [0.2, 0.25) is 0 Å². The summed E-state index contributed by atoms with van der Waals surface area (Å²) < 4.78 is 26.0. The van der Waals surface area contributed by atoms with E-state index in [2.05, 4.69) is 6.58 Å². The number of carbonyl (C=O) groups is 1. The predicted molar refractivity (Wildman–Crippen MR) is 82.2 cm³/mol. The van der Waals surface area contributed by atoms with Gasteiger partial charge in [-0.1, -0.05) is 12.7 Å². The van der Waals surface area contributed by atoms with E-state index in [0.717, 1.165) is 0 Å². The molecular weight excluding hydrogens is 288 g/mol. The van der Waals surface area contributed by atoms with Crippen LogP contribution in [0.1, 0.15) is 28.4 Å². The molecule has 0 aliphatic rings. The van der Waals surface area contributed by atoms with Crippen LogP contribution in [0.3, 0.4) is 0 Å². The van der Waals surface area contributed by atoms with Crippen LogP contribution in [0, 0.1) is 6.92 Å². The first-order chi connectivity index (χ1) is 10.6. The van der Waals surface area contributed by atoms with Gasteiger partial charge in [0.15, 0.2) is 13.6 Å². The zero-order valence-electron chi connectivity index (χ0n) is 13.4. The fourth-order valence-electron chi connectivity index (χ4n) is 1.93. The molecule has 1 rings (SSSR count). The van der Waals surface area contributed by atoms with Crippen molar-refractivity contribution in [2.45, 2.75) is 13.8 Å². The zero-order chi connectivity index (χ0) is 16.5. The highest BCUT2D eigenvalue weighted by Crippen LogP contribution is 2.36. The molecule has 0 aliphatic heterocycles. The molecule has 0 spiro atoms. The van der Waals surface area contributed by atoms with Crippen molar-refractivity contribution in [1.82, 2.24) is 0 Å². The normalized spacial score (nSPS) is 10.2. The Morgan fingerprint density at radius 3 is 2.41 bits per heavy atom. The van der Waals surface area contributed by atoms with Gasteiger partial charge in [-0.15, -0.1) is 0 Å². The van der Waals surface area contributed by atoms with Crippen LogP contribution in [0.25, 0.3) is 6.08 Å². The molecule has 0 unspecified atom stereocenters. The van der Waals surface area contributed by atoms with Gasteiger partial charge in [0.25, 0.3) is 0 Å². The third kappa shape index (κ3) is 4.22. The number of ether oxygens (including phenoxy) is 5. The number of hydrogen-bond acceptors (Lipinski definition) is 6. The number of aryl methyl sites for hydroxylation is 1. The number of esters is 1. The predicted octanol–water partition coefficient (Wildman–Crippen LogP) is 2.78. The molecule has 0 fully saturated rings. The van der Waals surface area contributed by atoms with Gasteiger partial charge in [0.2, 0.25) is 0 Å². The van der Waals surface area contributed by atoms with E-state index in [4.69, 9.17) is 23.7 Å². The Hall–Kier alpha value is -2.05. The molecule has 1 aromatic carbocycles. The van der Waals surface area contributed by atoms with Gasteiger partial charge in [0.05, 0.1) is 12.2 Å². The number of benzene rings is 1. The Morgan fingerprint density at radius 2 is 1.86 bits per heavy atom. The molecule has 0 aliphatic carbocycles. The monoisotopic (exact) mass is 310 g/mol. The van der Waals surface area contributed by atoms with E-state index in [9.17, 15) is 4.79 Å². The molecule has 0 heterocycles. The van der Waals surface area contributed by atoms with Crippen LogP contribution in [-0.2, 0) is 14.2 Å². The summed E-state index contributed by atoms with van der Waals surface area (Å²) in [5.74, 6) is 0.363. The average Bonchev–Trinajstić information content (AvgIpc) is 2.50. The topological polar surface area (TPSA) is 63.2 Å². The molecule has 1 aromatic rings. The minimum Gasteiger partial charge on any atom is -0.467 e. The van der Waals surface area contributed by atoms with Crippen molar-refractivity contribution in [1.29, 1.82) is 0 Å². The molecule has 22 heavy (non-hydrogen) atoms. The van der Waals surface area contributed by atoms with Crippen LogP contribution in [0.15, 0.2) is 12.6 Å². The lowest BCUT2D eigenvalue weighted by Gasteiger charge is -2.18. The Bertz CT molecular complexity index is 524. The summed E-state index contributed by atoms with van der Waals surface area (Å²) in [6.07, 6.45) is 1.55. The number of rotatable bonds is 9. The molecule has 0 amide bonds. The molecule has 0 saturated heterocycles. The van der Waals surface area contributed by atoms with Crippen molar-refractivity contribution in [3.05, 3.63) is 29.3 Å². The lowest BCUT2D eigenvalue weighted by Crippen LogP contribution is -2.13. The Labute approximate surface area is 130 Å². The lowest BCUT2D eigenvalue weighted by atomic mass is 10.0. The smallest absolute Gasteiger partial charge is 0.342 e. The highest BCUT2D eigenvalue weighted by Gasteiger charge is 2.23. The summed E-state index contributed by atoms with van der Waals surface area (Å²) >= 11 is 0. The van der Waals surface area contributed by atoms with Crippen LogP contribution >= 0.6 is 0 Å². The first-order valence-electron chi connectivity index (χ1n) is 6.81. The van der Waals surface area contributed by atoms with Gasteiger partial charge in [-0.2, -0.15) is 0 Å². The molecule has 0 saturated carbocycles. The average molecular weight is 310 g/mol. The van der Waals surface area contributed by atoms with Gasteiger partial charge in [-0.3, -0.25) is 0 Å². The quantitative estimate of drug-likeness (QED) is 0.516. The molecule has 0 aromatic heterocycles. The first-order valence-corrected chi connectivity index (χ1v) is 6.81. The summed E-state index contributed by atoms with van der Waals surface area (Å²) in [6, 6.07) is 1.72. The summed E-state index contributed by atoms with van der Waals surface area (Å²) in [4.78, 5) is 12.2. The molecule has 6 heteroatoms. The van der Waals surface area contributed by atoms with Gasteiger partial charge < -0.3 is 23.7 Å². The van der Waals surface area contributed by atoms with E-state index in [1.54, 1.807) is 26.0 Å². The molecule has 0 N–H and O–H groups in total. The number of methoxy groups -OCH3 is 2. The van der Waals surface area contributed by atoms with Crippen LogP contribution in [0.5, 0.6) is 11.5 Å². The molecule has 122 valence electrons. The molecule has 0 atom stereocenters. The highest BCUT2D eigenvalue weighted by atomic mass is 16.7. The molecule has 6 nitrogen and oxygen atoms in total. The van der Waals surface area contributed by atoms with Crippen LogP contribution < -0.4 is 9.47 Å². The Balaban J connectivity index is 3.41. The van der Waals surface area contributed by atoms with Crippen molar-refractivity contribution in [2.24, 2.45) is 0 Å². The molecule has 0 bridgehead atoms. The van der Waals surface area contributed by atoms with E-state index < -0.39 is 5.97 Å². The van der Waals surface area contributed by atoms with Crippen molar-refractivity contribution < 1.29 is 28.5 Å². The van der Waals surface area contributed by atoms with Gasteiger partial charge in [0.1, 0.15) is 17.1 Å². The van der Waals surface area contributed by atoms with Crippen molar-refractivity contribution in [3.63, 3.8) is 0 Å². The van der Waals surface area contributed by atoms with Crippen LogP contribution in [0.4, 0.5) is 0 Å². The molecular formula is C16H22O6. The van der Waals surface area contributed by atoms with Gasteiger partial charge >= 0.3 is 5.97 Å². The van der Waals surface area contributed by atoms with Crippen molar-refractivity contribution >= 4 is 12.0 Å². The second-order valence-corrected chi connectivity index (χ2v) is 4.34. The maximum Gasteiger partial charge on any atom is 0.342 e. The molecule has 0 radical (unpaired) electrons. The van der Waals surface area contributed by atoms with Gasteiger partial charge in [0, 0.05) is 14.2 Å². The minimum atomic E-state index is -0.465. The maximum absolute atomic E-state index is 12.2. The fourth-order valence-corrected chi connectivity index (χ4v) is 1.93. The zero-order valence-corrected chi connectivity index (χ0v) is 13.4. The summed E-state index contributed by atoms with van der Waals surface area (Å²) in [5, 5.41) is 0. The van der Waals surface area contributed by atoms with E-state index >= 15 is 0 Å². The second kappa shape index (κ2) is 9.07. The van der Waals surface area contributed by atoms with E-state index in [1.807, 2.05) is 0 Å². The van der Waals surface area contributed by atoms with E-state index in [-0.39, 0.29) is 20.2 Å². The van der Waals surface area contributed by atoms with E-state index in [1.165, 1.54) is 14.2 Å². The summed E-state index contributed by atoms with van der Waals surface area (Å²) in [5.41, 5.74) is 1.54. The van der Waals surface area contributed by atoms with Gasteiger partial charge in [-0.25, -0.2) is 4.79 Å². The SMILES string of the molecule is C=Cc1c(OCOC)cc(C)c(C(=O)OCC)c1OCOC. The largest absolute Gasteiger partial charge is 0.467 e. The third-order valence-corrected chi connectivity index (χ3v) is 2.82. The second-order valence-electron chi connectivity index (χ2n) is 4.34. The fraction of sp³-hybridized carbons (Fsp3) is 0.438. The maximum atomic E-state index is 12.2. The minimum absolute atomic E-state index is 0.0135. The third-order valence-electron chi connectivity index (χ3n) is 2.82. The van der Waals surface area contributed by atoms with Crippen LogP contribution in [-0.4, -0.2) is 40.4 Å². The number of hydrogen-bond donors (Lipinski definition) is 0. The first kappa shape index (κ1) is 18.0.